The second-order valence-corrected chi connectivity index (χ2v) is 5.09. The van der Waals surface area contributed by atoms with Crippen LogP contribution in [0.2, 0.25) is 0 Å². The molecular weight excluding hydrogens is 287 g/mol. The topological polar surface area (TPSA) is 9.23 Å². The van der Waals surface area contributed by atoms with Crippen LogP contribution in [0.15, 0.2) is 24.3 Å². The molecule has 1 nitrogen and oxygen atoms in total. The number of benzene rings is 1. The average Bonchev–Trinajstić information content (AvgIpc) is 2.12. The summed E-state index contributed by atoms with van der Waals surface area (Å²) in [6.07, 6.45) is 2.38. The molecule has 0 unspecified atom stereocenters. The molecule has 0 aromatic heterocycles. The van der Waals surface area contributed by atoms with Crippen molar-refractivity contribution < 1.29 is 4.74 Å². The predicted molar refractivity (Wildman–Crippen MR) is 68.7 cm³/mol. The minimum atomic E-state index is 0.773. The number of ether oxygens (including phenoxy) is 1. The molecule has 0 heterocycles. The van der Waals surface area contributed by atoms with E-state index >= 15 is 0 Å². The van der Waals surface area contributed by atoms with Gasteiger partial charge in [0, 0.05) is 3.57 Å². The number of hydrogen-bond acceptors (Lipinski definition) is 1. The highest BCUT2D eigenvalue weighted by molar-refractivity contribution is 14.1. The lowest BCUT2D eigenvalue weighted by Crippen LogP contribution is -1.99. The van der Waals surface area contributed by atoms with Crippen molar-refractivity contribution in [3.8, 4) is 5.75 Å². The molecule has 0 saturated carbocycles. The second-order valence-electron chi connectivity index (χ2n) is 3.84. The van der Waals surface area contributed by atoms with Crippen LogP contribution in [-0.2, 0) is 0 Å². The normalized spacial score (nSPS) is 10.6. The third-order valence-electron chi connectivity index (χ3n) is 1.99. The van der Waals surface area contributed by atoms with E-state index in [0.717, 1.165) is 24.7 Å². The Bertz CT molecular complexity index is 271. The van der Waals surface area contributed by atoms with Gasteiger partial charge < -0.3 is 4.74 Å². The molecule has 0 radical (unpaired) electrons. The van der Waals surface area contributed by atoms with Crippen LogP contribution >= 0.6 is 22.6 Å². The van der Waals surface area contributed by atoms with Gasteiger partial charge in [0.25, 0.3) is 0 Å². The second kappa shape index (κ2) is 6.27. The van der Waals surface area contributed by atoms with Gasteiger partial charge in [0.15, 0.2) is 0 Å². The van der Waals surface area contributed by atoms with Crippen LogP contribution in [0.3, 0.4) is 0 Å². The average molecular weight is 304 g/mol. The highest BCUT2D eigenvalue weighted by Gasteiger charge is 1.96. The zero-order chi connectivity index (χ0) is 10.4. The van der Waals surface area contributed by atoms with E-state index in [1.54, 1.807) is 0 Å². The van der Waals surface area contributed by atoms with Crippen molar-refractivity contribution in [2.45, 2.75) is 26.7 Å². The summed E-state index contributed by atoms with van der Waals surface area (Å²) in [5, 5.41) is 0. The van der Waals surface area contributed by atoms with Crippen LogP contribution in [-0.4, -0.2) is 6.61 Å². The van der Waals surface area contributed by atoms with Gasteiger partial charge in [-0.25, -0.2) is 0 Å². The summed E-state index contributed by atoms with van der Waals surface area (Å²) < 4.78 is 6.86. The Morgan fingerprint density at radius 1 is 1.36 bits per heavy atom. The number of hydrogen-bond donors (Lipinski definition) is 0. The Morgan fingerprint density at radius 2 is 2.14 bits per heavy atom. The minimum Gasteiger partial charge on any atom is -0.494 e. The molecular formula is C12H17IO. The van der Waals surface area contributed by atoms with Gasteiger partial charge >= 0.3 is 0 Å². The molecule has 1 aromatic rings. The number of halogens is 1. The summed E-state index contributed by atoms with van der Waals surface area (Å²) in [6.45, 7) is 5.31. The van der Waals surface area contributed by atoms with E-state index in [1.165, 1.54) is 9.99 Å². The fourth-order valence-corrected chi connectivity index (χ4v) is 1.75. The maximum atomic E-state index is 5.63. The van der Waals surface area contributed by atoms with Crippen molar-refractivity contribution in [2.24, 2.45) is 5.92 Å². The summed E-state index contributed by atoms with van der Waals surface area (Å²) in [5.41, 5.74) is 0. The maximum Gasteiger partial charge on any atom is 0.120 e. The lowest BCUT2D eigenvalue weighted by Gasteiger charge is -2.07. The first kappa shape index (κ1) is 11.8. The largest absolute Gasteiger partial charge is 0.494 e. The van der Waals surface area contributed by atoms with Gasteiger partial charge in [-0.15, -0.1) is 0 Å². The van der Waals surface area contributed by atoms with Gasteiger partial charge in [0.2, 0.25) is 0 Å². The SMILES string of the molecule is CC(C)CCCOc1cccc(I)c1. The van der Waals surface area contributed by atoms with Crippen molar-refractivity contribution in [2.75, 3.05) is 6.61 Å². The molecule has 0 bridgehead atoms. The van der Waals surface area contributed by atoms with Gasteiger partial charge in [0.05, 0.1) is 6.61 Å². The lowest BCUT2D eigenvalue weighted by atomic mass is 10.1. The molecule has 1 rings (SSSR count). The standard InChI is InChI=1S/C12H17IO/c1-10(2)5-4-8-14-12-7-3-6-11(13)9-12/h3,6-7,9-10H,4-5,8H2,1-2H3. The molecule has 0 N–H and O–H groups in total. The molecule has 0 aliphatic carbocycles. The Balaban J connectivity index is 2.25. The summed E-state index contributed by atoms with van der Waals surface area (Å²) in [5.74, 6) is 1.76. The van der Waals surface area contributed by atoms with Crippen molar-refractivity contribution in [1.29, 1.82) is 0 Å². The van der Waals surface area contributed by atoms with Crippen LogP contribution in [0.1, 0.15) is 26.7 Å². The van der Waals surface area contributed by atoms with Crippen LogP contribution < -0.4 is 4.74 Å². The van der Waals surface area contributed by atoms with E-state index < -0.39 is 0 Å². The van der Waals surface area contributed by atoms with E-state index in [4.69, 9.17) is 4.74 Å². The van der Waals surface area contributed by atoms with Crippen molar-refractivity contribution in [3.63, 3.8) is 0 Å². The van der Waals surface area contributed by atoms with Crippen molar-refractivity contribution in [1.82, 2.24) is 0 Å². The minimum absolute atomic E-state index is 0.773. The molecule has 0 fully saturated rings. The lowest BCUT2D eigenvalue weighted by molar-refractivity contribution is 0.297. The van der Waals surface area contributed by atoms with Crippen LogP contribution in [0, 0.1) is 9.49 Å². The third-order valence-corrected chi connectivity index (χ3v) is 2.66. The third kappa shape index (κ3) is 4.84. The summed E-state index contributed by atoms with van der Waals surface area (Å²) in [6, 6.07) is 8.18. The van der Waals surface area contributed by atoms with Gasteiger partial charge in [-0.2, -0.15) is 0 Å². The quantitative estimate of drug-likeness (QED) is 0.588. The van der Waals surface area contributed by atoms with Crippen LogP contribution in [0.5, 0.6) is 5.75 Å². The first-order chi connectivity index (χ1) is 6.68. The monoisotopic (exact) mass is 304 g/mol. The van der Waals surface area contributed by atoms with Gasteiger partial charge in [0.1, 0.15) is 5.75 Å². The molecule has 0 spiro atoms. The maximum absolute atomic E-state index is 5.63. The number of rotatable bonds is 5. The van der Waals surface area contributed by atoms with Gasteiger partial charge in [-0.1, -0.05) is 19.9 Å². The Morgan fingerprint density at radius 3 is 2.79 bits per heavy atom. The Labute approximate surface area is 100.0 Å². The fourth-order valence-electron chi connectivity index (χ4n) is 1.24. The summed E-state index contributed by atoms with van der Waals surface area (Å²) >= 11 is 2.30. The molecule has 14 heavy (non-hydrogen) atoms. The Kier molecular flexibility index (Phi) is 5.30. The summed E-state index contributed by atoms with van der Waals surface area (Å²) in [4.78, 5) is 0. The van der Waals surface area contributed by atoms with E-state index in [0.29, 0.717) is 0 Å². The molecule has 0 atom stereocenters. The first-order valence-electron chi connectivity index (χ1n) is 5.07. The van der Waals surface area contributed by atoms with Crippen molar-refractivity contribution in [3.05, 3.63) is 27.8 Å². The van der Waals surface area contributed by atoms with Crippen molar-refractivity contribution >= 4 is 22.6 Å². The smallest absolute Gasteiger partial charge is 0.120 e. The van der Waals surface area contributed by atoms with E-state index in [1.807, 2.05) is 12.1 Å². The van der Waals surface area contributed by atoms with E-state index in [9.17, 15) is 0 Å². The molecule has 0 saturated heterocycles. The fraction of sp³-hybridized carbons (Fsp3) is 0.500. The van der Waals surface area contributed by atoms with Crippen LogP contribution in [0.4, 0.5) is 0 Å². The Hall–Kier alpha value is -0.250. The highest BCUT2D eigenvalue weighted by Crippen LogP contribution is 2.15. The van der Waals surface area contributed by atoms with E-state index in [2.05, 4.69) is 48.6 Å². The first-order valence-corrected chi connectivity index (χ1v) is 6.14. The molecule has 78 valence electrons. The zero-order valence-electron chi connectivity index (χ0n) is 8.79. The molecule has 2 heteroatoms. The van der Waals surface area contributed by atoms with E-state index in [-0.39, 0.29) is 0 Å². The van der Waals surface area contributed by atoms with Gasteiger partial charge in [-0.05, 0) is 59.5 Å². The predicted octanol–water partition coefficient (Wildman–Crippen LogP) is 4.11. The highest BCUT2D eigenvalue weighted by atomic mass is 127. The molecule has 0 aliphatic rings. The molecule has 0 amide bonds. The zero-order valence-corrected chi connectivity index (χ0v) is 11.0. The van der Waals surface area contributed by atoms with Gasteiger partial charge in [-0.3, -0.25) is 0 Å². The molecule has 0 aliphatic heterocycles. The summed E-state index contributed by atoms with van der Waals surface area (Å²) in [7, 11) is 0. The molecule has 1 aromatic carbocycles. The van der Waals surface area contributed by atoms with Crippen LogP contribution in [0.25, 0.3) is 0 Å².